The molecule has 0 radical (unpaired) electrons. The third-order valence-electron chi connectivity index (χ3n) is 3.02. The zero-order valence-corrected chi connectivity index (χ0v) is 11.0. The smallest absolute Gasteiger partial charge is 0.124 e. The van der Waals surface area contributed by atoms with E-state index in [4.69, 9.17) is 5.73 Å². The standard InChI is InChI=1S/C15H14N2S/c1-2-10-3-5-11(6-4-10)15-17-13-8-7-12(16)9-14(13)18-15/h3-9H,2,16H2,1H3. The van der Waals surface area contributed by atoms with Gasteiger partial charge in [0, 0.05) is 11.3 Å². The average molecular weight is 254 g/mol. The second-order valence-electron chi connectivity index (χ2n) is 4.30. The van der Waals surface area contributed by atoms with E-state index in [1.54, 1.807) is 11.3 Å². The first kappa shape index (κ1) is 11.2. The maximum Gasteiger partial charge on any atom is 0.124 e. The minimum atomic E-state index is 0.791. The van der Waals surface area contributed by atoms with Gasteiger partial charge in [0.25, 0.3) is 0 Å². The lowest BCUT2D eigenvalue weighted by molar-refractivity contribution is 1.14. The van der Waals surface area contributed by atoms with E-state index >= 15 is 0 Å². The van der Waals surface area contributed by atoms with Crippen molar-refractivity contribution in [2.24, 2.45) is 0 Å². The number of anilines is 1. The molecule has 2 aromatic carbocycles. The number of thiazole rings is 1. The van der Waals surface area contributed by atoms with Crippen molar-refractivity contribution in [3.8, 4) is 10.6 Å². The summed E-state index contributed by atoms with van der Waals surface area (Å²) in [5.74, 6) is 0. The summed E-state index contributed by atoms with van der Waals surface area (Å²) in [4.78, 5) is 4.64. The summed E-state index contributed by atoms with van der Waals surface area (Å²) >= 11 is 1.69. The summed E-state index contributed by atoms with van der Waals surface area (Å²) < 4.78 is 1.14. The molecule has 18 heavy (non-hydrogen) atoms. The molecule has 0 aliphatic rings. The maximum absolute atomic E-state index is 5.79. The van der Waals surface area contributed by atoms with Gasteiger partial charge in [-0.1, -0.05) is 31.2 Å². The van der Waals surface area contributed by atoms with Crippen LogP contribution >= 0.6 is 11.3 Å². The lowest BCUT2D eigenvalue weighted by Crippen LogP contribution is -1.81. The number of nitrogen functional groups attached to an aromatic ring is 1. The summed E-state index contributed by atoms with van der Waals surface area (Å²) in [5, 5.41) is 1.05. The summed E-state index contributed by atoms with van der Waals surface area (Å²) in [6, 6.07) is 14.5. The van der Waals surface area contributed by atoms with Crippen LogP contribution in [0.4, 0.5) is 5.69 Å². The monoisotopic (exact) mass is 254 g/mol. The van der Waals surface area contributed by atoms with Gasteiger partial charge in [-0.15, -0.1) is 11.3 Å². The number of aromatic nitrogens is 1. The molecule has 2 N–H and O–H groups in total. The van der Waals surface area contributed by atoms with Crippen LogP contribution < -0.4 is 5.73 Å². The van der Waals surface area contributed by atoms with Crippen LogP contribution in [0.3, 0.4) is 0 Å². The van der Waals surface area contributed by atoms with Gasteiger partial charge in [-0.2, -0.15) is 0 Å². The zero-order valence-electron chi connectivity index (χ0n) is 10.2. The molecule has 0 fully saturated rings. The van der Waals surface area contributed by atoms with E-state index in [1.165, 1.54) is 11.1 Å². The number of hydrogen-bond donors (Lipinski definition) is 1. The number of rotatable bonds is 2. The molecule has 0 unspecified atom stereocenters. The Balaban J connectivity index is 2.07. The quantitative estimate of drug-likeness (QED) is 0.699. The van der Waals surface area contributed by atoms with E-state index in [9.17, 15) is 0 Å². The van der Waals surface area contributed by atoms with Gasteiger partial charge in [0.2, 0.25) is 0 Å². The Morgan fingerprint density at radius 1 is 1.11 bits per heavy atom. The summed E-state index contributed by atoms with van der Waals surface area (Å²) in [6.45, 7) is 2.16. The Morgan fingerprint density at radius 3 is 2.61 bits per heavy atom. The highest BCUT2D eigenvalue weighted by atomic mass is 32.1. The normalized spacial score (nSPS) is 10.9. The molecular weight excluding hydrogens is 240 g/mol. The zero-order chi connectivity index (χ0) is 12.5. The van der Waals surface area contributed by atoms with Gasteiger partial charge < -0.3 is 5.73 Å². The summed E-state index contributed by atoms with van der Waals surface area (Å²) in [5.41, 5.74) is 10.1. The van der Waals surface area contributed by atoms with E-state index in [0.29, 0.717) is 0 Å². The largest absolute Gasteiger partial charge is 0.399 e. The maximum atomic E-state index is 5.79. The van der Waals surface area contributed by atoms with Gasteiger partial charge in [-0.3, -0.25) is 0 Å². The first-order chi connectivity index (χ1) is 8.76. The van der Waals surface area contributed by atoms with Crippen molar-refractivity contribution in [2.45, 2.75) is 13.3 Å². The van der Waals surface area contributed by atoms with E-state index in [2.05, 4.69) is 36.2 Å². The fourth-order valence-corrected chi connectivity index (χ4v) is 2.97. The molecule has 90 valence electrons. The van der Waals surface area contributed by atoms with Crippen LogP contribution in [0.25, 0.3) is 20.8 Å². The van der Waals surface area contributed by atoms with Crippen molar-refractivity contribution in [2.75, 3.05) is 5.73 Å². The Bertz CT molecular complexity index is 683. The lowest BCUT2D eigenvalue weighted by atomic mass is 10.1. The molecular formula is C15H14N2S. The molecule has 1 aromatic heterocycles. The van der Waals surface area contributed by atoms with Gasteiger partial charge in [0.15, 0.2) is 0 Å². The lowest BCUT2D eigenvalue weighted by Gasteiger charge is -1.98. The van der Waals surface area contributed by atoms with Crippen LogP contribution in [0, 0.1) is 0 Å². The predicted octanol–water partition coefficient (Wildman–Crippen LogP) is 4.11. The second kappa shape index (κ2) is 4.42. The fourth-order valence-electron chi connectivity index (χ4n) is 1.95. The van der Waals surface area contributed by atoms with Crippen LogP contribution in [0.15, 0.2) is 42.5 Å². The van der Waals surface area contributed by atoms with Gasteiger partial charge >= 0.3 is 0 Å². The molecule has 0 aliphatic carbocycles. The van der Waals surface area contributed by atoms with Crippen LogP contribution in [-0.2, 0) is 6.42 Å². The van der Waals surface area contributed by atoms with Crippen molar-refractivity contribution in [3.63, 3.8) is 0 Å². The third kappa shape index (κ3) is 1.97. The average Bonchev–Trinajstić information content (AvgIpc) is 2.81. The third-order valence-corrected chi connectivity index (χ3v) is 4.09. The summed E-state index contributed by atoms with van der Waals surface area (Å²) in [6.07, 6.45) is 1.07. The molecule has 0 saturated heterocycles. The van der Waals surface area contributed by atoms with Gasteiger partial charge in [0.05, 0.1) is 10.2 Å². The highest BCUT2D eigenvalue weighted by Crippen LogP contribution is 2.31. The summed E-state index contributed by atoms with van der Waals surface area (Å²) in [7, 11) is 0. The first-order valence-electron chi connectivity index (χ1n) is 6.01. The molecule has 2 nitrogen and oxygen atoms in total. The molecule has 1 heterocycles. The molecule has 0 amide bonds. The predicted molar refractivity (Wildman–Crippen MR) is 78.8 cm³/mol. The SMILES string of the molecule is CCc1ccc(-c2nc3ccc(N)cc3s2)cc1. The van der Waals surface area contributed by atoms with Crippen molar-refractivity contribution in [1.82, 2.24) is 4.98 Å². The van der Waals surface area contributed by atoms with Crippen molar-refractivity contribution in [1.29, 1.82) is 0 Å². The van der Waals surface area contributed by atoms with Gasteiger partial charge in [-0.05, 0) is 30.2 Å². The van der Waals surface area contributed by atoms with Crippen LogP contribution in [0.2, 0.25) is 0 Å². The second-order valence-corrected chi connectivity index (χ2v) is 5.33. The van der Waals surface area contributed by atoms with Crippen LogP contribution in [0.1, 0.15) is 12.5 Å². The number of fused-ring (bicyclic) bond motifs is 1. The van der Waals surface area contributed by atoms with E-state index < -0.39 is 0 Å². The highest BCUT2D eigenvalue weighted by molar-refractivity contribution is 7.21. The Morgan fingerprint density at radius 2 is 1.89 bits per heavy atom. The Kier molecular flexibility index (Phi) is 2.76. The number of aryl methyl sites for hydroxylation is 1. The number of hydrogen-bond acceptors (Lipinski definition) is 3. The molecule has 3 aromatic rings. The minimum absolute atomic E-state index is 0.791. The Labute approximate surface area is 110 Å². The van der Waals surface area contributed by atoms with E-state index in [-0.39, 0.29) is 0 Å². The molecule has 0 saturated carbocycles. The molecule has 0 spiro atoms. The van der Waals surface area contributed by atoms with Crippen molar-refractivity contribution >= 4 is 27.2 Å². The van der Waals surface area contributed by atoms with Crippen molar-refractivity contribution < 1.29 is 0 Å². The minimum Gasteiger partial charge on any atom is -0.399 e. The van der Waals surface area contributed by atoms with Gasteiger partial charge in [0.1, 0.15) is 5.01 Å². The van der Waals surface area contributed by atoms with Gasteiger partial charge in [-0.25, -0.2) is 4.98 Å². The van der Waals surface area contributed by atoms with E-state index in [0.717, 1.165) is 27.3 Å². The Hall–Kier alpha value is -1.87. The number of nitrogens with zero attached hydrogens (tertiary/aromatic N) is 1. The molecule has 3 rings (SSSR count). The molecule has 0 aliphatic heterocycles. The number of nitrogens with two attached hydrogens (primary N) is 1. The van der Waals surface area contributed by atoms with Crippen LogP contribution in [0.5, 0.6) is 0 Å². The molecule has 0 atom stereocenters. The highest BCUT2D eigenvalue weighted by Gasteiger charge is 2.06. The number of benzene rings is 2. The van der Waals surface area contributed by atoms with E-state index in [1.807, 2.05) is 18.2 Å². The fraction of sp³-hybridized carbons (Fsp3) is 0.133. The van der Waals surface area contributed by atoms with Crippen LogP contribution in [-0.4, -0.2) is 4.98 Å². The van der Waals surface area contributed by atoms with Crippen molar-refractivity contribution in [3.05, 3.63) is 48.0 Å². The molecule has 3 heteroatoms. The topological polar surface area (TPSA) is 38.9 Å². The molecule has 0 bridgehead atoms. The first-order valence-corrected chi connectivity index (χ1v) is 6.83.